The average Bonchev–Trinajstić information content (AvgIpc) is 2.52. The van der Waals surface area contributed by atoms with Crippen LogP contribution in [0.5, 0.6) is 0 Å². The molecule has 124 valence electrons. The number of hydrogen-bond acceptors (Lipinski definition) is 4. The smallest absolute Gasteiger partial charge is 0.243 e. The predicted octanol–water partition coefficient (Wildman–Crippen LogP) is 4.10. The van der Waals surface area contributed by atoms with Crippen LogP contribution in [0.1, 0.15) is 13.8 Å². The highest BCUT2D eigenvalue weighted by molar-refractivity contribution is 7.99. The van der Waals surface area contributed by atoms with E-state index in [0.717, 1.165) is 9.79 Å². The molecule has 0 bridgehead atoms. The second-order valence-corrected chi connectivity index (χ2v) is 8.33. The predicted molar refractivity (Wildman–Crippen MR) is 96.5 cm³/mol. The van der Waals surface area contributed by atoms with Crippen molar-refractivity contribution in [3.63, 3.8) is 0 Å². The Labute approximate surface area is 146 Å². The molecule has 7 heteroatoms. The molecule has 2 rings (SSSR count). The lowest BCUT2D eigenvalue weighted by molar-refractivity contribution is 0.445. The van der Waals surface area contributed by atoms with E-state index in [1.165, 1.54) is 22.1 Å². The van der Waals surface area contributed by atoms with Gasteiger partial charge in [0, 0.05) is 33.6 Å². The Kier molecular flexibility index (Phi) is 5.97. The van der Waals surface area contributed by atoms with Crippen LogP contribution >= 0.6 is 23.4 Å². The van der Waals surface area contributed by atoms with Crippen molar-refractivity contribution in [1.82, 2.24) is 4.31 Å². The Morgan fingerprint density at radius 2 is 1.70 bits per heavy atom. The number of benzene rings is 2. The second-order valence-electron chi connectivity index (χ2n) is 4.84. The van der Waals surface area contributed by atoms with Gasteiger partial charge in [0.25, 0.3) is 0 Å². The van der Waals surface area contributed by atoms with Crippen LogP contribution in [0.2, 0.25) is 5.02 Å². The minimum absolute atomic E-state index is 0.221. The molecular formula is C16H19ClN2O2S2. The van der Waals surface area contributed by atoms with E-state index in [1.807, 2.05) is 26.0 Å². The molecule has 0 aliphatic carbocycles. The molecule has 0 fully saturated rings. The molecule has 0 spiro atoms. The first-order valence-corrected chi connectivity index (χ1v) is 9.85. The second kappa shape index (κ2) is 7.57. The number of nitrogens with zero attached hydrogens (tertiary/aromatic N) is 1. The quantitative estimate of drug-likeness (QED) is 0.777. The minimum Gasteiger partial charge on any atom is -0.398 e. The number of sulfonamides is 1. The Balaban J connectivity index is 2.29. The maximum absolute atomic E-state index is 12.5. The molecule has 2 aromatic rings. The van der Waals surface area contributed by atoms with Crippen LogP contribution in [0.25, 0.3) is 0 Å². The van der Waals surface area contributed by atoms with Crippen molar-refractivity contribution in [2.75, 3.05) is 18.8 Å². The molecule has 0 saturated carbocycles. The van der Waals surface area contributed by atoms with E-state index < -0.39 is 10.0 Å². The summed E-state index contributed by atoms with van der Waals surface area (Å²) >= 11 is 7.34. The third kappa shape index (κ3) is 4.20. The summed E-state index contributed by atoms with van der Waals surface area (Å²) < 4.78 is 26.4. The van der Waals surface area contributed by atoms with Gasteiger partial charge in [0.15, 0.2) is 0 Å². The van der Waals surface area contributed by atoms with Gasteiger partial charge in [0.1, 0.15) is 0 Å². The van der Waals surface area contributed by atoms with E-state index in [2.05, 4.69) is 0 Å². The number of nitrogen functional groups attached to an aromatic ring is 1. The fourth-order valence-electron chi connectivity index (χ4n) is 2.12. The number of halogens is 1. The van der Waals surface area contributed by atoms with Crippen LogP contribution < -0.4 is 5.73 Å². The zero-order chi connectivity index (χ0) is 17.0. The Bertz CT molecular complexity index is 773. The average molecular weight is 371 g/mol. The van der Waals surface area contributed by atoms with Crippen molar-refractivity contribution >= 4 is 39.1 Å². The van der Waals surface area contributed by atoms with Gasteiger partial charge < -0.3 is 5.73 Å². The summed E-state index contributed by atoms with van der Waals surface area (Å²) in [7, 11) is -3.49. The first-order valence-electron chi connectivity index (χ1n) is 7.21. The molecule has 0 saturated heterocycles. The molecule has 0 amide bonds. The molecule has 23 heavy (non-hydrogen) atoms. The third-order valence-corrected chi connectivity index (χ3v) is 6.76. The van der Waals surface area contributed by atoms with Crippen LogP contribution in [-0.2, 0) is 10.0 Å². The zero-order valence-corrected chi connectivity index (χ0v) is 15.4. The van der Waals surface area contributed by atoms with Crippen LogP contribution in [0, 0.1) is 0 Å². The number of rotatable bonds is 6. The highest BCUT2D eigenvalue weighted by Crippen LogP contribution is 2.34. The Morgan fingerprint density at radius 3 is 2.22 bits per heavy atom. The Morgan fingerprint density at radius 1 is 1.09 bits per heavy atom. The molecule has 0 unspecified atom stereocenters. The molecular weight excluding hydrogens is 352 g/mol. The summed E-state index contributed by atoms with van der Waals surface area (Å²) in [6.45, 7) is 4.49. The standard InChI is InChI=1S/C16H19ClN2O2S2/c1-3-19(4-2)23(20,21)14-9-10-16(15(18)11-14)22-13-7-5-12(17)6-8-13/h5-11H,3-4,18H2,1-2H3. The largest absolute Gasteiger partial charge is 0.398 e. The Hall–Kier alpha value is -1.21. The summed E-state index contributed by atoms with van der Waals surface area (Å²) in [5.74, 6) is 0. The van der Waals surface area contributed by atoms with Crippen LogP contribution in [-0.4, -0.2) is 25.8 Å². The van der Waals surface area contributed by atoms with Gasteiger partial charge >= 0.3 is 0 Å². The highest BCUT2D eigenvalue weighted by atomic mass is 35.5. The van der Waals surface area contributed by atoms with Crippen molar-refractivity contribution < 1.29 is 8.42 Å². The summed E-state index contributed by atoms with van der Waals surface area (Å²) in [6, 6.07) is 12.3. The van der Waals surface area contributed by atoms with Crippen LogP contribution in [0.3, 0.4) is 0 Å². The number of anilines is 1. The third-order valence-electron chi connectivity index (χ3n) is 3.37. The summed E-state index contributed by atoms with van der Waals surface area (Å²) in [5, 5.41) is 0.669. The van der Waals surface area contributed by atoms with Crippen molar-refractivity contribution in [2.24, 2.45) is 0 Å². The molecule has 2 N–H and O–H groups in total. The zero-order valence-electron chi connectivity index (χ0n) is 13.0. The van der Waals surface area contributed by atoms with Crippen molar-refractivity contribution in [1.29, 1.82) is 0 Å². The van der Waals surface area contributed by atoms with E-state index in [1.54, 1.807) is 24.3 Å². The summed E-state index contributed by atoms with van der Waals surface area (Å²) in [4.78, 5) is 2.02. The molecule has 4 nitrogen and oxygen atoms in total. The van der Waals surface area contributed by atoms with Crippen LogP contribution in [0.4, 0.5) is 5.69 Å². The molecule has 0 aromatic heterocycles. The highest BCUT2D eigenvalue weighted by Gasteiger charge is 2.22. The fraction of sp³-hybridized carbons (Fsp3) is 0.250. The lowest BCUT2D eigenvalue weighted by atomic mass is 10.3. The van der Waals surface area contributed by atoms with Gasteiger partial charge in [-0.3, -0.25) is 0 Å². The minimum atomic E-state index is -3.49. The molecule has 0 heterocycles. The van der Waals surface area contributed by atoms with Gasteiger partial charge in [-0.15, -0.1) is 0 Å². The molecule has 0 aliphatic rings. The van der Waals surface area contributed by atoms with Gasteiger partial charge in [-0.1, -0.05) is 37.2 Å². The topological polar surface area (TPSA) is 63.4 Å². The van der Waals surface area contributed by atoms with Gasteiger partial charge in [0.2, 0.25) is 10.0 Å². The first kappa shape index (κ1) is 18.1. The fourth-order valence-corrected chi connectivity index (χ4v) is 4.58. The van der Waals surface area contributed by atoms with Crippen molar-refractivity contribution in [3.05, 3.63) is 47.5 Å². The van der Waals surface area contributed by atoms with E-state index >= 15 is 0 Å². The van der Waals surface area contributed by atoms with Gasteiger partial charge in [0.05, 0.1) is 4.90 Å². The van der Waals surface area contributed by atoms with E-state index in [4.69, 9.17) is 17.3 Å². The summed E-state index contributed by atoms with van der Waals surface area (Å²) in [5.41, 5.74) is 6.49. The number of nitrogens with two attached hydrogens (primary N) is 1. The molecule has 0 aliphatic heterocycles. The van der Waals surface area contributed by atoms with Gasteiger partial charge in [-0.05, 0) is 42.5 Å². The maximum Gasteiger partial charge on any atom is 0.243 e. The normalized spacial score (nSPS) is 11.8. The molecule has 2 aromatic carbocycles. The van der Waals surface area contributed by atoms with E-state index in [0.29, 0.717) is 23.8 Å². The van der Waals surface area contributed by atoms with Crippen molar-refractivity contribution in [2.45, 2.75) is 28.5 Å². The molecule has 0 atom stereocenters. The van der Waals surface area contributed by atoms with Gasteiger partial charge in [-0.25, -0.2) is 8.42 Å². The lowest BCUT2D eigenvalue weighted by Gasteiger charge is -2.19. The first-order chi connectivity index (χ1) is 10.9. The van der Waals surface area contributed by atoms with E-state index in [-0.39, 0.29) is 4.90 Å². The lowest BCUT2D eigenvalue weighted by Crippen LogP contribution is -2.30. The molecule has 0 radical (unpaired) electrons. The van der Waals surface area contributed by atoms with Crippen molar-refractivity contribution in [3.8, 4) is 0 Å². The van der Waals surface area contributed by atoms with Crippen LogP contribution in [0.15, 0.2) is 57.2 Å². The van der Waals surface area contributed by atoms with E-state index in [9.17, 15) is 8.42 Å². The van der Waals surface area contributed by atoms with Gasteiger partial charge in [-0.2, -0.15) is 4.31 Å². The maximum atomic E-state index is 12.5. The number of hydrogen-bond donors (Lipinski definition) is 1. The monoisotopic (exact) mass is 370 g/mol. The SMILES string of the molecule is CCN(CC)S(=O)(=O)c1ccc(Sc2ccc(Cl)cc2)c(N)c1. The summed E-state index contributed by atoms with van der Waals surface area (Å²) in [6.07, 6.45) is 0.